The second-order valence-corrected chi connectivity index (χ2v) is 6.67. The molecule has 142 valence electrons. The van der Waals surface area contributed by atoms with Gasteiger partial charge in [-0.15, -0.1) is 0 Å². The fourth-order valence-electron chi connectivity index (χ4n) is 3.10. The molecule has 6 nitrogen and oxygen atoms in total. The fraction of sp³-hybridized carbons (Fsp3) is 0.350. The van der Waals surface area contributed by atoms with Gasteiger partial charge in [0, 0.05) is 38.6 Å². The van der Waals surface area contributed by atoms with E-state index in [9.17, 15) is 14.0 Å². The Morgan fingerprint density at radius 1 is 1.11 bits per heavy atom. The number of piperidine rings is 1. The Labute approximate surface area is 157 Å². The number of rotatable bonds is 5. The maximum absolute atomic E-state index is 12.9. The minimum Gasteiger partial charge on any atom is -0.339 e. The van der Waals surface area contributed by atoms with Crippen LogP contribution in [0, 0.1) is 11.7 Å². The molecule has 0 atom stereocenters. The third kappa shape index (κ3) is 5.51. The third-order valence-corrected chi connectivity index (χ3v) is 4.73. The van der Waals surface area contributed by atoms with Crippen LogP contribution in [0.3, 0.4) is 0 Å². The average molecular weight is 370 g/mol. The summed E-state index contributed by atoms with van der Waals surface area (Å²) in [6, 6.07) is 9.32. The molecule has 1 aromatic carbocycles. The molecule has 3 rings (SSSR count). The molecule has 1 aromatic heterocycles. The number of carbonyl (C=O) groups is 2. The lowest BCUT2D eigenvalue weighted by molar-refractivity contribution is 0.0690. The monoisotopic (exact) mass is 370 g/mol. The van der Waals surface area contributed by atoms with Crippen LogP contribution < -0.4 is 10.6 Å². The van der Waals surface area contributed by atoms with Crippen LogP contribution >= 0.6 is 0 Å². The molecule has 0 bridgehead atoms. The minimum atomic E-state index is -0.295. The van der Waals surface area contributed by atoms with Gasteiger partial charge in [0.15, 0.2) is 0 Å². The van der Waals surface area contributed by atoms with Crippen LogP contribution in [0.5, 0.6) is 0 Å². The molecule has 3 amide bonds. The zero-order valence-corrected chi connectivity index (χ0v) is 15.0. The maximum atomic E-state index is 12.9. The van der Waals surface area contributed by atoms with Crippen molar-refractivity contribution in [3.63, 3.8) is 0 Å². The smallest absolute Gasteiger partial charge is 0.315 e. The largest absolute Gasteiger partial charge is 0.339 e. The summed E-state index contributed by atoms with van der Waals surface area (Å²) in [5.74, 6) is 0.0580. The SMILES string of the molecule is O=C(NCc1ccc(F)cc1)NCC1CCN(C(=O)c2cccnc2)CC1. The lowest BCUT2D eigenvalue weighted by atomic mass is 9.96. The molecule has 1 fully saturated rings. The van der Waals surface area contributed by atoms with Crippen LogP contribution in [0.15, 0.2) is 48.8 Å². The molecule has 1 aliphatic rings. The standard InChI is InChI=1S/C20H23FN4O2/c21-18-5-3-15(4-6-18)12-23-20(27)24-13-16-7-10-25(11-8-16)19(26)17-2-1-9-22-14-17/h1-6,9,14,16H,7-8,10-13H2,(H2,23,24,27). The molecule has 2 aromatic rings. The van der Waals surface area contributed by atoms with Gasteiger partial charge in [-0.05, 0) is 48.6 Å². The Morgan fingerprint density at radius 3 is 2.52 bits per heavy atom. The Kier molecular flexibility index (Phi) is 6.35. The highest BCUT2D eigenvalue weighted by Crippen LogP contribution is 2.18. The van der Waals surface area contributed by atoms with Crippen LogP contribution in [-0.4, -0.2) is 41.5 Å². The van der Waals surface area contributed by atoms with Crippen LogP contribution in [0.2, 0.25) is 0 Å². The van der Waals surface area contributed by atoms with E-state index in [1.807, 2.05) is 4.90 Å². The van der Waals surface area contributed by atoms with Crippen molar-refractivity contribution in [2.45, 2.75) is 19.4 Å². The number of halogens is 1. The van der Waals surface area contributed by atoms with E-state index in [1.165, 1.54) is 12.1 Å². The quantitative estimate of drug-likeness (QED) is 0.850. The molecule has 2 heterocycles. The topological polar surface area (TPSA) is 74.3 Å². The number of benzene rings is 1. The zero-order chi connectivity index (χ0) is 19.1. The first kappa shape index (κ1) is 18.8. The molecule has 2 N–H and O–H groups in total. The highest BCUT2D eigenvalue weighted by Gasteiger charge is 2.23. The lowest BCUT2D eigenvalue weighted by Gasteiger charge is -2.32. The van der Waals surface area contributed by atoms with Gasteiger partial charge in [-0.1, -0.05) is 12.1 Å². The molecule has 0 spiro atoms. The van der Waals surface area contributed by atoms with E-state index in [2.05, 4.69) is 15.6 Å². The molecular weight excluding hydrogens is 347 g/mol. The van der Waals surface area contributed by atoms with Crippen molar-refractivity contribution < 1.29 is 14.0 Å². The van der Waals surface area contributed by atoms with Crippen LogP contribution in [0.25, 0.3) is 0 Å². The zero-order valence-electron chi connectivity index (χ0n) is 15.0. The molecule has 0 unspecified atom stereocenters. The van der Waals surface area contributed by atoms with Gasteiger partial charge in [-0.2, -0.15) is 0 Å². The van der Waals surface area contributed by atoms with Crippen molar-refractivity contribution in [1.29, 1.82) is 0 Å². The predicted molar refractivity (Wildman–Crippen MR) is 99.5 cm³/mol. The van der Waals surface area contributed by atoms with Crippen molar-refractivity contribution in [1.82, 2.24) is 20.5 Å². The Morgan fingerprint density at radius 2 is 1.85 bits per heavy atom. The number of urea groups is 1. The van der Waals surface area contributed by atoms with Gasteiger partial charge in [0.25, 0.3) is 5.91 Å². The molecule has 0 aliphatic carbocycles. The van der Waals surface area contributed by atoms with E-state index < -0.39 is 0 Å². The van der Waals surface area contributed by atoms with Crippen molar-refractivity contribution in [3.8, 4) is 0 Å². The van der Waals surface area contributed by atoms with E-state index in [0.29, 0.717) is 37.7 Å². The van der Waals surface area contributed by atoms with Crippen molar-refractivity contribution >= 4 is 11.9 Å². The summed E-state index contributed by atoms with van der Waals surface area (Å²) in [6.07, 6.45) is 4.94. The molecule has 27 heavy (non-hydrogen) atoms. The molecule has 1 saturated heterocycles. The number of nitrogens with zero attached hydrogens (tertiary/aromatic N) is 2. The average Bonchev–Trinajstić information content (AvgIpc) is 2.72. The van der Waals surface area contributed by atoms with Gasteiger partial charge in [0.05, 0.1) is 5.56 Å². The maximum Gasteiger partial charge on any atom is 0.315 e. The first-order chi connectivity index (χ1) is 13.1. The molecule has 0 radical (unpaired) electrons. The Balaban J connectivity index is 1.36. The highest BCUT2D eigenvalue weighted by molar-refractivity contribution is 5.93. The summed E-state index contributed by atoms with van der Waals surface area (Å²) in [5.41, 5.74) is 1.45. The first-order valence-corrected chi connectivity index (χ1v) is 9.07. The number of hydrogen-bond acceptors (Lipinski definition) is 3. The van der Waals surface area contributed by atoms with E-state index >= 15 is 0 Å². The van der Waals surface area contributed by atoms with Crippen molar-refractivity contribution in [2.75, 3.05) is 19.6 Å². The number of amides is 3. The van der Waals surface area contributed by atoms with Gasteiger partial charge in [0.1, 0.15) is 5.82 Å². The van der Waals surface area contributed by atoms with Crippen molar-refractivity contribution in [3.05, 3.63) is 65.7 Å². The summed E-state index contributed by atoms with van der Waals surface area (Å²) in [5, 5.41) is 5.63. The number of likely N-dealkylation sites (tertiary alicyclic amines) is 1. The molecular formula is C20H23FN4O2. The second kappa shape index (κ2) is 9.12. The normalized spacial score (nSPS) is 14.6. The van der Waals surface area contributed by atoms with E-state index in [0.717, 1.165) is 18.4 Å². The Bertz CT molecular complexity index is 759. The number of nitrogens with one attached hydrogen (secondary N) is 2. The van der Waals surface area contributed by atoms with Crippen LogP contribution in [0.4, 0.5) is 9.18 Å². The summed E-state index contributed by atoms with van der Waals surface area (Å²) in [4.78, 5) is 30.1. The second-order valence-electron chi connectivity index (χ2n) is 6.67. The first-order valence-electron chi connectivity index (χ1n) is 9.07. The van der Waals surface area contributed by atoms with Gasteiger partial charge >= 0.3 is 6.03 Å². The van der Waals surface area contributed by atoms with Crippen LogP contribution in [-0.2, 0) is 6.54 Å². The van der Waals surface area contributed by atoms with E-state index in [4.69, 9.17) is 0 Å². The predicted octanol–water partition coefficient (Wildman–Crippen LogP) is 2.57. The van der Waals surface area contributed by atoms with Crippen LogP contribution in [0.1, 0.15) is 28.8 Å². The van der Waals surface area contributed by atoms with Crippen molar-refractivity contribution in [2.24, 2.45) is 5.92 Å². The lowest BCUT2D eigenvalue weighted by Crippen LogP contribution is -2.43. The van der Waals surface area contributed by atoms with Gasteiger partial charge < -0.3 is 15.5 Å². The summed E-state index contributed by atoms with van der Waals surface area (Å²) < 4.78 is 12.9. The summed E-state index contributed by atoms with van der Waals surface area (Å²) >= 11 is 0. The summed E-state index contributed by atoms with van der Waals surface area (Å²) in [7, 11) is 0. The van der Waals surface area contributed by atoms with Gasteiger partial charge in [-0.25, -0.2) is 9.18 Å². The number of hydrogen-bond donors (Lipinski definition) is 2. The highest BCUT2D eigenvalue weighted by atomic mass is 19.1. The van der Waals surface area contributed by atoms with E-state index in [1.54, 1.807) is 36.7 Å². The fourth-order valence-corrected chi connectivity index (χ4v) is 3.10. The molecule has 1 aliphatic heterocycles. The molecule has 7 heteroatoms. The number of aromatic nitrogens is 1. The summed E-state index contributed by atoms with van der Waals surface area (Å²) in [6.45, 7) is 2.28. The number of pyridine rings is 1. The van der Waals surface area contributed by atoms with E-state index in [-0.39, 0.29) is 17.8 Å². The Hall–Kier alpha value is -2.96. The minimum absolute atomic E-state index is 0.00606. The third-order valence-electron chi connectivity index (χ3n) is 4.73. The number of carbonyl (C=O) groups excluding carboxylic acids is 2. The van der Waals surface area contributed by atoms with Gasteiger partial charge in [-0.3, -0.25) is 9.78 Å². The van der Waals surface area contributed by atoms with Gasteiger partial charge in [0.2, 0.25) is 0 Å². The molecule has 0 saturated carbocycles.